The number of carbonyl (C=O) groups is 4. The maximum atomic E-state index is 12.9. The Balaban J connectivity index is 1.73. The zero-order valence-electron chi connectivity index (χ0n) is 15.4. The van der Waals surface area contributed by atoms with Gasteiger partial charge in [-0.3, -0.25) is 24.5 Å². The van der Waals surface area contributed by atoms with Gasteiger partial charge in [0.1, 0.15) is 0 Å². The molecule has 2 aromatic carbocycles. The second kappa shape index (κ2) is 9.08. The number of rotatable bonds is 7. The monoisotopic (exact) mass is 378 g/mol. The van der Waals surface area contributed by atoms with Gasteiger partial charge in [-0.1, -0.05) is 48.5 Å². The third-order valence-electron chi connectivity index (χ3n) is 4.81. The number of hydrogen-bond donors (Lipinski definition) is 2. The second-order valence-corrected chi connectivity index (χ2v) is 6.90. The summed E-state index contributed by atoms with van der Waals surface area (Å²) in [4.78, 5) is 48.8. The number of ketones is 1. The molecule has 2 atom stereocenters. The predicted octanol–water partition coefficient (Wildman–Crippen LogP) is 2.04. The Kier molecular flexibility index (Phi) is 6.32. The van der Waals surface area contributed by atoms with E-state index in [0.29, 0.717) is 18.4 Å². The summed E-state index contributed by atoms with van der Waals surface area (Å²) in [6, 6.07) is 17.3. The van der Waals surface area contributed by atoms with E-state index in [1.165, 1.54) is 0 Å². The first-order valence-corrected chi connectivity index (χ1v) is 9.29. The lowest BCUT2D eigenvalue weighted by atomic mass is 9.89. The molecule has 28 heavy (non-hydrogen) atoms. The summed E-state index contributed by atoms with van der Waals surface area (Å²) in [6.45, 7) is 0. The van der Waals surface area contributed by atoms with Crippen molar-refractivity contribution in [1.82, 2.24) is 10.6 Å². The summed E-state index contributed by atoms with van der Waals surface area (Å²) >= 11 is 0. The fourth-order valence-corrected chi connectivity index (χ4v) is 3.24. The number of carbonyl (C=O) groups excluding carboxylic acids is 4. The molecule has 0 radical (unpaired) electrons. The Bertz CT molecular complexity index is 865. The van der Waals surface area contributed by atoms with Crippen LogP contribution in [0.5, 0.6) is 0 Å². The van der Waals surface area contributed by atoms with E-state index in [-0.39, 0.29) is 30.4 Å². The third kappa shape index (κ3) is 5.13. The lowest BCUT2D eigenvalue weighted by Gasteiger charge is -2.23. The minimum absolute atomic E-state index is 0.00825. The van der Waals surface area contributed by atoms with E-state index in [2.05, 4.69) is 10.6 Å². The zero-order chi connectivity index (χ0) is 19.9. The van der Waals surface area contributed by atoms with Gasteiger partial charge in [0.2, 0.25) is 11.8 Å². The highest BCUT2D eigenvalue weighted by atomic mass is 16.2. The number of imide groups is 1. The van der Waals surface area contributed by atoms with Gasteiger partial charge in [-0.15, -0.1) is 0 Å². The molecular weight excluding hydrogens is 356 g/mol. The molecule has 1 aliphatic rings. The first kappa shape index (κ1) is 19.5. The lowest BCUT2D eigenvalue weighted by molar-refractivity contribution is -0.138. The number of Topliss-reactive ketones (excluding diaryl/α,β-unsaturated/α-hetero) is 1. The smallest absolute Gasteiger partial charge is 0.251 e. The van der Waals surface area contributed by atoms with E-state index in [4.69, 9.17) is 0 Å². The van der Waals surface area contributed by atoms with Crippen molar-refractivity contribution in [3.05, 3.63) is 71.8 Å². The van der Waals surface area contributed by atoms with Crippen molar-refractivity contribution in [2.45, 2.75) is 31.7 Å². The lowest BCUT2D eigenvalue weighted by Crippen LogP contribution is -2.46. The number of piperidine rings is 1. The maximum Gasteiger partial charge on any atom is 0.251 e. The molecule has 144 valence electrons. The van der Waals surface area contributed by atoms with Gasteiger partial charge in [0.05, 0.1) is 6.04 Å². The highest BCUT2D eigenvalue weighted by Gasteiger charge is 2.31. The first-order valence-electron chi connectivity index (χ1n) is 9.29. The maximum absolute atomic E-state index is 12.9. The third-order valence-corrected chi connectivity index (χ3v) is 4.81. The van der Waals surface area contributed by atoms with Crippen LogP contribution in [0.1, 0.15) is 35.2 Å². The molecule has 1 unspecified atom stereocenters. The van der Waals surface area contributed by atoms with Crippen molar-refractivity contribution in [2.75, 3.05) is 0 Å². The molecule has 0 spiro atoms. The molecule has 1 saturated heterocycles. The molecule has 1 heterocycles. The van der Waals surface area contributed by atoms with Gasteiger partial charge >= 0.3 is 0 Å². The van der Waals surface area contributed by atoms with Crippen molar-refractivity contribution in [3.63, 3.8) is 0 Å². The second-order valence-electron chi connectivity index (χ2n) is 6.90. The van der Waals surface area contributed by atoms with Crippen molar-refractivity contribution >= 4 is 23.5 Å². The van der Waals surface area contributed by atoms with Crippen LogP contribution in [0.15, 0.2) is 60.7 Å². The molecule has 1 fully saturated rings. The molecule has 6 heteroatoms. The van der Waals surface area contributed by atoms with Gasteiger partial charge in [-0.25, -0.2) is 0 Å². The van der Waals surface area contributed by atoms with Crippen LogP contribution in [-0.4, -0.2) is 29.5 Å². The van der Waals surface area contributed by atoms with E-state index in [1.54, 1.807) is 24.3 Å². The molecular formula is C22H22N2O4. The van der Waals surface area contributed by atoms with Crippen LogP contribution in [0.25, 0.3) is 0 Å². The Morgan fingerprint density at radius 3 is 2.29 bits per heavy atom. The van der Waals surface area contributed by atoms with Crippen molar-refractivity contribution < 1.29 is 19.2 Å². The zero-order valence-corrected chi connectivity index (χ0v) is 15.4. The Hall–Kier alpha value is -3.28. The molecule has 2 N–H and O–H groups in total. The van der Waals surface area contributed by atoms with Gasteiger partial charge < -0.3 is 5.32 Å². The number of nitrogens with one attached hydrogen (secondary N) is 2. The molecule has 2 aromatic rings. The van der Waals surface area contributed by atoms with Crippen LogP contribution < -0.4 is 10.6 Å². The SMILES string of the molecule is O=C1CCC(CC(=O)[C@@H](Cc2ccccc2)NC(=O)c2ccccc2)C(=O)N1. The van der Waals surface area contributed by atoms with Crippen LogP contribution in [0.2, 0.25) is 0 Å². The van der Waals surface area contributed by atoms with Gasteiger partial charge in [-0.05, 0) is 30.5 Å². The number of hydrogen-bond acceptors (Lipinski definition) is 4. The Morgan fingerprint density at radius 2 is 1.64 bits per heavy atom. The molecule has 0 aliphatic carbocycles. The number of benzene rings is 2. The van der Waals surface area contributed by atoms with Crippen LogP contribution in [0.4, 0.5) is 0 Å². The van der Waals surface area contributed by atoms with Crippen LogP contribution in [-0.2, 0) is 20.8 Å². The summed E-state index contributed by atoms with van der Waals surface area (Å²) in [6.07, 6.45) is 0.904. The molecule has 3 rings (SSSR count). The van der Waals surface area contributed by atoms with Crippen LogP contribution in [0.3, 0.4) is 0 Å². The standard InChI is InChI=1S/C22H22N2O4/c25-19(14-17-11-12-20(26)24-22(17)28)18(13-15-7-3-1-4-8-15)23-21(27)16-9-5-2-6-10-16/h1-10,17-18H,11-14H2,(H,23,27)(H,24,26,28)/t17?,18-/m1/s1. The summed E-state index contributed by atoms with van der Waals surface area (Å²) in [5, 5.41) is 5.08. The van der Waals surface area contributed by atoms with Gasteiger partial charge in [0.25, 0.3) is 5.91 Å². The first-order chi connectivity index (χ1) is 13.5. The Labute approximate surface area is 163 Å². The highest BCUT2D eigenvalue weighted by Crippen LogP contribution is 2.18. The largest absolute Gasteiger partial charge is 0.342 e. The molecule has 1 aliphatic heterocycles. The molecule has 3 amide bonds. The fraction of sp³-hybridized carbons (Fsp3) is 0.273. The molecule has 0 bridgehead atoms. The Morgan fingerprint density at radius 1 is 1.00 bits per heavy atom. The number of amides is 3. The summed E-state index contributed by atoms with van der Waals surface area (Å²) in [5.74, 6) is -1.83. The quantitative estimate of drug-likeness (QED) is 0.721. The van der Waals surface area contributed by atoms with Crippen molar-refractivity contribution in [3.8, 4) is 0 Å². The normalized spacial score (nSPS) is 17.5. The van der Waals surface area contributed by atoms with Crippen molar-refractivity contribution in [2.24, 2.45) is 5.92 Å². The highest BCUT2D eigenvalue weighted by molar-refractivity contribution is 6.02. The summed E-state index contributed by atoms with van der Waals surface area (Å²) in [7, 11) is 0. The van der Waals surface area contributed by atoms with E-state index in [9.17, 15) is 19.2 Å². The van der Waals surface area contributed by atoms with E-state index in [1.807, 2.05) is 36.4 Å². The van der Waals surface area contributed by atoms with E-state index < -0.39 is 17.9 Å². The molecule has 0 saturated carbocycles. The van der Waals surface area contributed by atoms with E-state index in [0.717, 1.165) is 5.56 Å². The average Bonchev–Trinajstić information content (AvgIpc) is 2.71. The van der Waals surface area contributed by atoms with Gasteiger partial charge in [0.15, 0.2) is 5.78 Å². The van der Waals surface area contributed by atoms with Gasteiger partial charge in [0, 0.05) is 24.3 Å². The minimum atomic E-state index is -0.750. The fourth-order valence-electron chi connectivity index (χ4n) is 3.24. The van der Waals surface area contributed by atoms with Crippen molar-refractivity contribution in [1.29, 1.82) is 0 Å². The van der Waals surface area contributed by atoms with Gasteiger partial charge in [-0.2, -0.15) is 0 Å². The summed E-state index contributed by atoms with van der Waals surface area (Å²) in [5.41, 5.74) is 1.38. The predicted molar refractivity (Wildman–Crippen MR) is 103 cm³/mol. The van der Waals surface area contributed by atoms with Crippen LogP contribution >= 0.6 is 0 Å². The molecule has 6 nitrogen and oxygen atoms in total. The minimum Gasteiger partial charge on any atom is -0.342 e. The summed E-state index contributed by atoms with van der Waals surface area (Å²) < 4.78 is 0. The topological polar surface area (TPSA) is 92.3 Å². The van der Waals surface area contributed by atoms with E-state index >= 15 is 0 Å². The average molecular weight is 378 g/mol. The molecule has 0 aromatic heterocycles. The van der Waals surface area contributed by atoms with Crippen LogP contribution in [0, 0.1) is 5.92 Å².